The van der Waals surface area contributed by atoms with E-state index in [4.69, 9.17) is 40.0 Å². The number of cyclic esters (lactones) is 1. The van der Waals surface area contributed by atoms with Gasteiger partial charge in [-0.25, -0.2) is 9.59 Å². The largest absolute Gasteiger partial charge is 0.458 e. The number of Topliss-reactive ketones (excluding diaryl/α,β-unsaturated/α-hetero) is 1. The van der Waals surface area contributed by atoms with E-state index in [0.717, 1.165) is 18.4 Å². The molecule has 4 heterocycles. The number of methoxy groups -OCH3 is 1. The maximum atomic E-state index is 14.9. The maximum Gasteiger partial charge on any atom is 0.410 e. The van der Waals surface area contributed by atoms with Crippen LogP contribution in [0.4, 0.5) is 9.59 Å². The van der Waals surface area contributed by atoms with Crippen LogP contribution in [0.5, 0.6) is 0 Å². The van der Waals surface area contributed by atoms with Crippen molar-refractivity contribution in [3.05, 3.63) is 34.9 Å². The van der Waals surface area contributed by atoms with Crippen LogP contribution in [0, 0.1) is 23.7 Å². The minimum absolute atomic E-state index is 0.143. The number of esters is 1. The summed E-state index contributed by atoms with van der Waals surface area (Å²) in [5.74, 6) is -4.04. The number of aliphatic hydroxyl groups excluding tert-OH is 1. The predicted octanol–water partition coefficient (Wildman–Crippen LogP) is 6.51. The molecule has 0 aromatic heterocycles. The van der Waals surface area contributed by atoms with Gasteiger partial charge in [-0.3, -0.25) is 14.5 Å². The smallest absolute Gasteiger partial charge is 0.410 e. The van der Waals surface area contributed by atoms with Gasteiger partial charge in [0.05, 0.1) is 29.8 Å². The third kappa shape index (κ3) is 10.1. The zero-order chi connectivity index (χ0) is 44.3. The highest BCUT2D eigenvalue weighted by Gasteiger charge is 2.60. The van der Waals surface area contributed by atoms with E-state index in [-0.39, 0.29) is 37.3 Å². The van der Waals surface area contributed by atoms with Crippen LogP contribution >= 0.6 is 11.6 Å². The van der Waals surface area contributed by atoms with E-state index in [1.165, 1.54) is 7.11 Å². The summed E-state index contributed by atoms with van der Waals surface area (Å²) in [6, 6.07) is 6.27. The SMILES string of the molecule is CC[C@@H]1OC(=O)[C@H](C)[C@H](OC(=O)N2CCCC2)[C@H](C)[C@@H](O[C@@H]2O[C@H](C)C[C@H](N(C)CC)[C@H]2O)[C@@](C)(OC)C[C@@H](C)C(=O)[C@@H](C)[C@H]2N(CCc3ccc(Cl)cc3)C(=O)O[C@]12C. The lowest BCUT2D eigenvalue weighted by Gasteiger charge is -2.48. The quantitative estimate of drug-likeness (QED) is 0.202. The topological polar surface area (TPSA) is 154 Å². The molecule has 338 valence electrons. The number of hydrogen-bond donors (Lipinski definition) is 1. The molecule has 2 amide bonds. The van der Waals surface area contributed by atoms with Gasteiger partial charge in [0.2, 0.25) is 0 Å². The first-order valence-electron chi connectivity index (χ1n) is 22.0. The normalized spacial score (nSPS) is 38.3. The van der Waals surface area contributed by atoms with Crippen LogP contribution in [0.2, 0.25) is 5.02 Å². The Hall–Kier alpha value is -3.01. The molecule has 0 radical (unpaired) electrons. The van der Waals surface area contributed by atoms with Crippen LogP contribution in [0.1, 0.15) is 100.0 Å². The Bertz CT molecular complexity index is 1650. The fourth-order valence-corrected chi connectivity index (χ4v) is 10.3. The van der Waals surface area contributed by atoms with Crippen molar-refractivity contribution in [2.75, 3.05) is 40.3 Å². The van der Waals surface area contributed by atoms with Gasteiger partial charge in [0, 0.05) is 55.6 Å². The Balaban J connectivity index is 1.60. The Morgan fingerprint density at radius 1 is 1.02 bits per heavy atom. The Labute approximate surface area is 361 Å². The van der Waals surface area contributed by atoms with Gasteiger partial charge in [-0.1, -0.05) is 58.4 Å². The number of amides is 2. The third-order valence-electron chi connectivity index (χ3n) is 13.9. The van der Waals surface area contributed by atoms with Crippen molar-refractivity contribution in [3.63, 3.8) is 0 Å². The number of fused-ring (bicyclic) bond motifs is 1. The van der Waals surface area contributed by atoms with Gasteiger partial charge >= 0.3 is 18.2 Å². The molecule has 1 aromatic rings. The van der Waals surface area contributed by atoms with E-state index in [1.54, 1.807) is 42.7 Å². The monoisotopic (exact) mass is 863 g/mol. The van der Waals surface area contributed by atoms with Gasteiger partial charge in [-0.2, -0.15) is 0 Å². The number of rotatable bonds is 10. The molecule has 4 saturated heterocycles. The molecule has 1 N–H and O–H groups in total. The van der Waals surface area contributed by atoms with E-state index >= 15 is 0 Å². The fraction of sp³-hybridized carbons (Fsp3) is 0.778. The third-order valence-corrected chi connectivity index (χ3v) is 14.1. The van der Waals surface area contributed by atoms with Crippen molar-refractivity contribution < 1.29 is 52.7 Å². The second kappa shape index (κ2) is 20.0. The van der Waals surface area contributed by atoms with E-state index in [0.29, 0.717) is 37.5 Å². The number of aliphatic hydroxyl groups is 1. The van der Waals surface area contributed by atoms with Crippen molar-refractivity contribution in [1.82, 2.24) is 14.7 Å². The first-order chi connectivity index (χ1) is 28.3. The van der Waals surface area contributed by atoms with E-state index in [9.17, 15) is 24.3 Å². The summed E-state index contributed by atoms with van der Waals surface area (Å²) in [7, 11) is 3.48. The summed E-state index contributed by atoms with van der Waals surface area (Å²) >= 11 is 6.15. The van der Waals surface area contributed by atoms with Crippen molar-refractivity contribution in [2.24, 2.45) is 23.7 Å². The van der Waals surface area contributed by atoms with Crippen molar-refractivity contribution >= 4 is 35.5 Å². The molecule has 5 rings (SSSR count). The molecule has 4 aliphatic heterocycles. The zero-order valence-corrected chi connectivity index (χ0v) is 38.3. The number of nitrogens with zero attached hydrogens (tertiary/aromatic N) is 3. The number of likely N-dealkylation sites (tertiary alicyclic amines) is 1. The zero-order valence-electron chi connectivity index (χ0n) is 37.6. The molecule has 0 saturated carbocycles. The number of carbonyl (C=O) groups excluding carboxylic acids is 4. The highest BCUT2D eigenvalue weighted by molar-refractivity contribution is 6.30. The van der Waals surface area contributed by atoms with Crippen LogP contribution in [0.3, 0.4) is 0 Å². The molecular formula is C45H70ClN3O11. The van der Waals surface area contributed by atoms with Gasteiger partial charge in [-0.15, -0.1) is 0 Å². The van der Waals surface area contributed by atoms with Crippen LogP contribution < -0.4 is 0 Å². The molecule has 14 atom stereocenters. The second-order valence-electron chi connectivity index (χ2n) is 18.1. The lowest BCUT2D eigenvalue weighted by Crippen LogP contribution is -2.61. The summed E-state index contributed by atoms with van der Waals surface area (Å²) < 4.78 is 38.6. The summed E-state index contributed by atoms with van der Waals surface area (Å²) in [5.41, 5.74) is -1.74. The number of ether oxygens (including phenoxy) is 6. The first kappa shape index (κ1) is 48.0. The molecule has 1 aromatic carbocycles. The fourth-order valence-electron chi connectivity index (χ4n) is 10.2. The predicted molar refractivity (Wildman–Crippen MR) is 225 cm³/mol. The average Bonchev–Trinajstić information content (AvgIpc) is 3.86. The van der Waals surface area contributed by atoms with E-state index in [1.807, 2.05) is 60.7 Å². The average molecular weight is 865 g/mol. The van der Waals surface area contributed by atoms with Gasteiger partial charge in [0.25, 0.3) is 0 Å². The molecule has 4 fully saturated rings. The number of likely N-dealkylation sites (N-methyl/N-ethyl adjacent to an activating group) is 1. The summed E-state index contributed by atoms with van der Waals surface area (Å²) in [6.45, 7) is 18.5. The maximum absolute atomic E-state index is 14.9. The molecule has 0 aliphatic carbocycles. The molecule has 0 spiro atoms. The van der Waals surface area contributed by atoms with E-state index < -0.39 is 89.8 Å². The second-order valence-corrected chi connectivity index (χ2v) is 18.6. The first-order valence-corrected chi connectivity index (χ1v) is 22.4. The summed E-state index contributed by atoms with van der Waals surface area (Å²) in [5, 5.41) is 12.4. The molecule has 0 unspecified atom stereocenters. The standard InChI is InChI=1S/C45H70ClN3O11/c1-12-34-45(9)38(49(43(54)60-45)23-20-31-16-18-32(46)19-17-31)28(5)35(50)26(3)25-44(8,55-11)39(59-41-36(51)33(47(10)13-2)24-27(4)56-41)29(6)37(30(7)40(52)57-34)58-42(53)48-21-14-15-22-48/h16-19,26-30,33-34,36-39,41,51H,12-15,20-25H2,1-11H3/t26-,27-,28-,29+,30-,33+,34+,36-,37-,38-,39-,41+,44+,45-/m1/s1. The lowest BCUT2D eigenvalue weighted by molar-refractivity contribution is -0.302. The minimum Gasteiger partial charge on any atom is -0.458 e. The van der Waals surface area contributed by atoms with Gasteiger partial charge < -0.3 is 43.3 Å². The summed E-state index contributed by atoms with van der Waals surface area (Å²) in [6.07, 6.45) is -3.54. The van der Waals surface area contributed by atoms with Gasteiger partial charge in [0.15, 0.2) is 11.9 Å². The number of carbonyl (C=O) groups is 4. The number of halogens is 1. The van der Waals surface area contributed by atoms with Crippen molar-refractivity contribution in [1.29, 1.82) is 0 Å². The van der Waals surface area contributed by atoms with E-state index in [2.05, 4.69) is 4.90 Å². The van der Waals surface area contributed by atoms with Crippen molar-refractivity contribution in [3.8, 4) is 0 Å². The Morgan fingerprint density at radius 3 is 2.27 bits per heavy atom. The van der Waals surface area contributed by atoms with Crippen LogP contribution in [-0.4, -0.2) is 144 Å². The Kier molecular flexibility index (Phi) is 16.0. The molecule has 15 heteroatoms. The van der Waals surface area contributed by atoms with Crippen molar-refractivity contribution in [2.45, 2.75) is 161 Å². The lowest BCUT2D eigenvalue weighted by atomic mass is 9.73. The highest BCUT2D eigenvalue weighted by atomic mass is 35.5. The number of benzene rings is 1. The molecular weight excluding hydrogens is 794 g/mol. The highest BCUT2D eigenvalue weighted by Crippen LogP contribution is 2.44. The van der Waals surface area contributed by atoms with Crippen LogP contribution in [0.15, 0.2) is 24.3 Å². The summed E-state index contributed by atoms with van der Waals surface area (Å²) in [4.78, 5) is 62.6. The molecule has 4 aliphatic rings. The van der Waals surface area contributed by atoms with Gasteiger partial charge in [0.1, 0.15) is 24.1 Å². The Morgan fingerprint density at radius 2 is 1.67 bits per heavy atom. The van der Waals surface area contributed by atoms with Crippen LogP contribution in [0.25, 0.3) is 0 Å². The number of ketones is 1. The molecule has 0 bridgehead atoms. The molecule has 60 heavy (non-hydrogen) atoms. The minimum atomic E-state index is -1.42. The number of hydrogen-bond acceptors (Lipinski definition) is 12. The van der Waals surface area contributed by atoms with Crippen LogP contribution in [-0.2, 0) is 44.4 Å². The molecule has 14 nitrogen and oxygen atoms in total. The van der Waals surface area contributed by atoms with Gasteiger partial charge in [-0.05, 0) is 97.5 Å².